The van der Waals surface area contributed by atoms with Crippen molar-refractivity contribution in [3.63, 3.8) is 0 Å². The van der Waals surface area contributed by atoms with Crippen molar-refractivity contribution in [1.82, 2.24) is 5.32 Å². The van der Waals surface area contributed by atoms with Gasteiger partial charge < -0.3 is 5.32 Å². The third-order valence-corrected chi connectivity index (χ3v) is 4.66. The number of benzene rings is 1. The van der Waals surface area contributed by atoms with Crippen LogP contribution < -0.4 is 5.32 Å². The van der Waals surface area contributed by atoms with E-state index in [-0.39, 0.29) is 0 Å². The average Bonchev–Trinajstić information content (AvgIpc) is 2.39. The van der Waals surface area contributed by atoms with E-state index in [0.29, 0.717) is 6.04 Å². The van der Waals surface area contributed by atoms with E-state index in [1.807, 2.05) is 0 Å². The van der Waals surface area contributed by atoms with E-state index < -0.39 is 0 Å². The molecule has 0 radical (unpaired) electrons. The SMILES string of the molecule is CCc1cccc(C(CSC(C)CC)NC)c1. The molecule has 0 aromatic heterocycles. The minimum absolute atomic E-state index is 0.473. The van der Waals surface area contributed by atoms with E-state index in [4.69, 9.17) is 0 Å². The number of rotatable bonds is 7. The molecule has 0 aliphatic carbocycles. The van der Waals surface area contributed by atoms with Crippen LogP contribution >= 0.6 is 11.8 Å². The van der Waals surface area contributed by atoms with Crippen molar-refractivity contribution in [2.24, 2.45) is 0 Å². The number of aryl methyl sites for hydroxylation is 1. The van der Waals surface area contributed by atoms with Crippen LogP contribution in [0, 0.1) is 0 Å². The van der Waals surface area contributed by atoms with Crippen LogP contribution in [-0.2, 0) is 6.42 Å². The monoisotopic (exact) mass is 251 g/mol. The van der Waals surface area contributed by atoms with Gasteiger partial charge >= 0.3 is 0 Å². The molecular weight excluding hydrogens is 226 g/mol. The molecule has 0 aliphatic rings. The van der Waals surface area contributed by atoms with Gasteiger partial charge in [-0.3, -0.25) is 0 Å². The van der Waals surface area contributed by atoms with Crippen molar-refractivity contribution in [3.05, 3.63) is 35.4 Å². The van der Waals surface area contributed by atoms with Gasteiger partial charge in [-0.25, -0.2) is 0 Å². The Bertz CT molecular complexity index is 324. The molecule has 0 saturated heterocycles. The first kappa shape index (κ1) is 14.6. The van der Waals surface area contributed by atoms with Gasteiger partial charge in [0.2, 0.25) is 0 Å². The molecule has 1 aromatic carbocycles. The van der Waals surface area contributed by atoms with Crippen molar-refractivity contribution in [2.45, 2.75) is 44.9 Å². The summed E-state index contributed by atoms with van der Waals surface area (Å²) in [5.41, 5.74) is 2.85. The lowest BCUT2D eigenvalue weighted by atomic mass is 10.0. The van der Waals surface area contributed by atoms with Crippen molar-refractivity contribution in [3.8, 4) is 0 Å². The maximum Gasteiger partial charge on any atom is 0.0409 e. The first-order chi connectivity index (χ1) is 8.21. The highest BCUT2D eigenvalue weighted by atomic mass is 32.2. The van der Waals surface area contributed by atoms with Crippen LogP contribution in [0.25, 0.3) is 0 Å². The fourth-order valence-electron chi connectivity index (χ4n) is 1.75. The summed E-state index contributed by atoms with van der Waals surface area (Å²) in [6, 6.07) is 9.42. The van der Waals surface area contributed by atoms with Crippen LogP contribution in [0.5, 0.6) is 0 Å². The van der Waals surface area contributed by atoms with E-state index >= 15 is 0 Å². The zero-order valence-corrected chi connectivity index (χ0v) is 12.3. The molecule has 0 amide bonds. The predicted molar refractivity (Wildman–Crippen MR) is 79.8 cm³/mol. The molecule has 2 atom stereocenters. The van der Waals surface area contributed by atoms with E-state index in [9.17, 15) is 0 Å². The molecule has 1 aromatic rings. The maximum absolute atomic E-state index is 3.43. The minimum atomic E-state index is 0.473. The molecule has 1 N–H and O–H groups in total. The molecule has 96 valence electrons. The molecule has 17 heavy (non-hydrogen) atoms. The first-order valence-corrected chi connectivity index (χ1v) is 7.63. The average molecular weight is 251 g/mol. The molecule has 0 bridgehead atoms. The second kappa shape index (κ2) is 7.78. The van der Waals surface area contributed by atoms with Gasteiger partial charge in [0, 0.05) is 17.0 Å². The molecule has 0 aliphatic heterocycles. The van der Waals surface area contributed by atoms with Gasteiger partial charge in [-0.1, -0.05) is 45.0 Å². The molecule has 1 rings (SSSR count). The molecule has 0 saturated carbocycles. The highest BCUT2D eigenvalue weighted by Crippen LogP contribution is 2.23. The van der Waals surface area contributed by atoms with Gasteiger partial charge in [-0.05, 0) is 31.0 Å². The van der Waals surface area contributed by atoms with Crippen LogP contribution in [0.4, 0.5) is 0 Å². The molecule has 2 heteroatoms. The standard InChI is InChI=1S/C15H25NS/c1-5-12(3)17-11-15(16-4)14-9-7-8-13(6-2)10-14/h7-10,12,15-16H,5-6,11H2,1-4H3. The Morgan fingerprint density at radius 2 is 2.06 bits per heavy atom. The van der Waals surface area contributed by atoms with Crippen molar-refractivity contribution >= 4 is 11.8 Å². The molecule has 1 nitrogen and oxygen atoms in total. The lowest BCUT2D eigenvalue weighted by Crippen LogP contribution is -2.19. The number of hydrogen-bond donors (Lipinski definition) is 1. The fraction of sp³-hybridized carbons (Fsp3) is 0.600. The Balaban J connectivity index is 2.65. The summed E-state index contributed by atoms with van der Waals surface area (Å²) < 4.78 is 0. The minimum Gasteiger partial charge on any atom is -0.312 e. The smallest absolute Gasteiger partial charge is 0.0409 e. The Morgan fingerprint density at radius 3 is 2.65 bits per heavy atom. The summed E-state index contributed by atoms with van der Waals surface area (Å²) in [7, 11) is 2.06. The highest BCUT2D eigenvalue weighted by molar-refractivity contribution is 7.99. The number of nitrogens with one attached hydrogen (secondary N) is 1. The van der Waals surface area contributed by atoms with Gasteiger partial charge in [-0.15, -0.1) is 0 Å². The lowest BCUT2D eigenvalue weighted by molar-refractivity contribution is 0.659. The Labute approximate surface area is 110 Å². The maximum atomic E-state index is 3.43. The van der Waals surface area contributed by atoms with Crippen molar-refractivity contribution in [2.75, 3.05) is 12.8 Å². The molecule has 0 heterocycles. The van der Waals surface area contributed by atoms with Gasteiger partial charge in [0.25, 0.3) is 0 Å². The zero-order valence-electron chi connectivity index (χ0n) is 11.5. The van der Waals surface area contributed by atoms with Gasteiger partial charge in [-0.2, -0.15) is 11.8 Å². The third kappa shape index (κ3) is 4.72. The van der Waals surface area contributed by atoms with Gasteiger partial charge in [0.15, 0.2) is 0 Å². The normalized spacial score (nSPS) is 14.6. The Hall–Kier alpha value is -0.470. The topological polar surface area (TPSA) is 12.0 Å². The zero-order chi connectivity index (χ0) is 12.7. The molecular formula is C15H25NS. The summed E-state index contributed by atoms with van der Waals surface area (Å²) in [4.78, 5) is 0. The first-order valence-electron chi connectivity index (χ1n) is 6.58. The number of hydrogen-bond acceptors (Lipinski definition) is 2. The largest absolute Gasteiger partial charge is 0.312 e. The summed E-state index contributed by atoms with van der Waals surface area (Å²) in [5, 5.41) is 4.18. The molecule has 2 unspecified atom stereocenters. The second-order valence-electron chi connectivity index (χ2n) is 4.49. The van der Waals surface area contributed by atoms with E-state index in [1.165, 1.54) is 17.5 Å². The lowest BCUT2D eigenvalue weighted by Gasteiger charge is -2.19. The Morgan fingerprint density at radius 1 is 1.29 bits per heavy atom. The molecule has 0 spiro atoms. The quantitative estimate of drug-likeness (QED) is 0.785. The van der Waals surface area contributed by atoms with Gasteiger partial charge in [0.05, 0.1) is 0 Å². The molecule has 0 fully saturated rings. The van der Waals surface area contributed by atoms with E-state index in [0.717, 1.165) is 17.4 Å². The van der Waals surface area contributed by atoms with Crippen LogP contribution in [0.1, 0.15) is 44.4 Å². The third-order valence-electron chi connectivity index (χ3n) is 3.23. The number of thioether (sulfide) groups is 1. The Kier molecular flexibility index (Phi) is 6.68. The van der Waals surface area contributed by atoms with Crippen LogP contribution in [0.2, 0.25) is 0 Å². The summed E-state index contributed by atoms with van der Waals surface area (Å²) in [5.74, 6) is 1.15. The second-order valence-corrected chi connectivity index (χ2v) is 5.96. The summed E-state index contributed by atoms with van der Waals surface area (Å²) >= 11 is 2.05. The van der Waals surface area contributed by atoms with Crippen LogP contribution in [0.15, 0.2) is 24.3 Å². The van der Waals surface area contributed by atoms with E-state index in [1.54, 1.807) is 0 Å². The predicted octanol–water partition coefficient (Wildman–Crippen LogP) is 4.04. The van der Waals surface area contributed by atoms with Gasteiger partial charge in [0.1, 0.15) is 0 Å². The van der Waals surface area contributed by atoms with Crippen LogP contribution in [-0.4, -0.2) is 18.1 Å². The fourth-order valence-corrected chi connectivity index (χ4v) is 2.87. The van der Waals surface area contributed by atoms with Crippen LogP contribution in [0.3, 0.4) is 0 Å². The highest BCUT2D eigenvalue weighted by Gasteiger charge is 2.11. The van der Waals surface area contributed by atoms with Crippen molar-refractivity contribution in [1.29, 1.82) is 0 Å². The van der Waals surface area contributed by atoms with Crippen molar-refractivity contribution < 1.29 is 0 Å². The summed E-state index contributed by atoms with van der Waals surface area (Å²) in [6.07, 6.45) is 2.36. The van der Waals surface area contributed by atoms with E-state index in [2.05, 4.69) is 69.2 Å². The summed E-state index contributed by atoms with van der Waals surface area (Å²) in [6.45, 7) is 6.77.